The van der Waals surface area contributed by atoms with Gasteiger partial charge in [0, 0.05) is 12.6 Å². The first-order chi connectivity index (χ1) is 7.77. The predicted octanol–water partition coefficient (Wildman–Crippen LogP) is 2.92. The van der Waals surface area contributed by atoms with Crippen molar-refractivity contribution >= 4 is 11.4 Å². The van der Waals surface area contributed by atoms with Gasteiger partial charge in [0.1, 0.15) is 5.69 Å². The maximum Gasteiger partial charge on any atom is 0.433 e. The normalized spacial score (nSPS) is 11.9. The molecule has 17 heavy (non-hydrogen) atoms. The molecule has 0 radical (unpaired) electrons. The largest absolute Gasteiger partial charge is 0.433 e. The van der Waals surface area contributed by atoms with Crippen LogP contribution in [0.4, 0.5) is 24.5 Å². The second-order valence-electron chi connectivity index (χ2n) is 4.01. The summed E-state index contributed by atoms with van der Waals surface area (Å²) in [5.74, 6) is 0. The van der Waals surface area contributed by atoms with Crippen LogP contribution in [0.1, 0.15) is 26.5 Å². The van der Waals surface area contributed by atoms with Crippen molar-refractivity contribution in [2.75, 3.05) is 17.2 Å². The lowest BCUT2D eigenvalue weighted by Gasteiger charge is -2.29. The number of rotatable bonds is 3. The van der Waals surface area contributed by atoms with Gasteiger partial charge >= 0.3 is 6.18 Å². The van der Waals surface area contributed by atoms with Gasteiger partial charge < -0.3 is 10.6 Å². The van der Waals surface area contributed by atoms with Crippen LogP contribution in [0.25, 0.3) is 0 Å². The van der Waals surface area contributed by atoms with Crippen LogP contribution < -0.4 is 10.6 Å². The molecule has 3 nitrogen and oxygen atoms in total. The van der Waals surface area contributed by atoms with Crippen molar-refractivity contribution in [3.8, 4) is 0 Å². The Bertz CT molecular complexity index is 388. The molecular weight excluding hydrogens is 231 g/mol. The molecule has 1 heterocycles. The summed E-state index contributed by atoms with van der Waals surface area (Å²) in [4.78, 5) is 5.11. The Morgan fingerprint density at radius 1 is 1.41 bits per heavy atom. The number of hydrogen-bond acceptors (Lipinski definition) is 3. The van der Waals surface area contributed by atoms with E-state index < -0.39 is 11.9 Å². The molecule has 0 saturated carbocycles. The van der Waals surface area contributed by atoms with Crippen molar-refractivity contribution in [3.63, 3.8) is 0 Å². The van der Waals surface area contributed by atoms with Gasteiger partial charge in [-0.1, -0.05) is 0 Å². The van der Waals surface area contributed by atoms with E-state index in [0.717, 1.165) is 12.3 Å². The number of anilines is 2. The van der Waals surface area contributed by atoms with Crippen LogP contribution in [-0.2, 0) is 6.18 Å². The molecule has 6 heteroatoms. The van der Waals surface area contributed by atoms with Crippen LogP contribution >= 0.6 is 0 Å². The molecule has 0 spiro atoms. The fraction of sp³-hybridized carbons (Fsp3) is 0.545. The fourth-order valence-electron chi connectivity index (χ4n) is 1.67. The zero-order valence-electron chi connectivity index (χ0n) is 10.0. The Morgan fingerprint density at radius 3 is 2.41 bits per heavy atom. The standard InChI is InChI=1S/C11H16F3N3/c1-4-17(7(2)3)9-5-10(11(12,13)14)16-6-8(9)15/h5-7H,4,15H2,1-3H3. The van der Waals surface area contributed by atoms with Crippen LogP contribution in [0.15, 0.2) is 12.3 Å². The van der Waals surface area contributed by atoms with E-state index in [1.165, 1.54) is 0 Å². The zero-order chi connectivity index (χ0) is 13.2. The van der Waals surface area contributed by atoms with Gasteiger partial charge in [-0.05, 0) is 26.8 Å². The first-order valence-electron chi connectivity index (χ1n) is 5.36. The summed E-state index contributed by atoms with van der Waals surface area (Å²) in [6.45, 7) is 6.25. The van der Waals surface area contributed by atoms with Crippen LogP contribution in [0.3, 0.4) is 0 Å². The highest BCUT2D eigenvalue weighted by Crippen LogP contribution is 2.33. The molecule has 0 aliphatic carbocycles. The van der Waals surface area contributed by atoms with Crippen molar-refractivity contribution in [2.24, 2.45) is 0 Å². The summed E-state index contributed by atoms with van der Waals surface area (Å²) in [7, 11) is 0. The molecule has 0 aliphatic rings. The van der Waals surface area contributed by atoms with Gasteiger partial charge in [-0.15, -0.1) is 0 Å². The highest BCUT2D eigenvalue weighted by atomic mass is 19.4. The van der Waals surface area contributed by atoms with Crippen molar-refractivity contribution < 1.29 is 13.2 Å². The van der Waals surface area contributed by atoms with Crippen LogP contribution in [-0.4, -0.2) is 17.6 Å². The van der Waals surface area contributed by atoms with Gasteiger partial charge in [-0.3, -0.25) is 0 Å². The Morgan fingerprint density at radius 2 is 2.00 bits per heavy atom. The molecule has 1 aromatic heterocycles. The Kier molecular flexibility index (Phi) is 3.85. The van der Waals surface area contributed by atoms with E-state index in [1.807, 2.05) is 20.8 Å². The fourth-order valence-corrected chi connectivity index (χ4v) is 1.67. The third-order valence-electron chi connectivity index (χ3n) is 2.48. The van der Waals surface area contributed by atoms with Crippen molar-refractivity contribution in [2.45, 2.75) is 33.0 Å². The SMILES string of the molecule is CCN(c1cc(C(F)(F)F)ncc1N)C(C)C. The van der Waals surface area contributed by atoms with E-state index in [2.05, 4.69) is 4.98 Å². The lowest BCUT2D eigenvalue weighted by Crippen LogP contribution is -2.31. The number of pyridine rings is 1. The molecule has 0 fully saturated rings. The van der Waals surface area contributed by atoms with Crippen LogP contribution in [0.2, 0.25) is 0 Å². The van der Waals surface area contributed by atoms with E-state index in [0.29, 0.717) is 12.2 Å². The predicted molar refractivity (Wildman–Crippen MR) is 61.8 cm³/mol. The molecule has 0 aliphatic heterocycles. The van der Waals surface area contributed by atoms with Gasteiger partial charge in [0.15, 0.2) is 0 Å². The van der Waals surface area contributed by atoms with Crippen molar-refractivity contribution in [1.82, 2.24) is 4.98 Å². The summed E-state index contributed by atoms with van der Waals surface area (Å²) < 4.78 is 37.6. The number of hydrogen-bond donors (Lipinski definition) is 1. The van der Waals surface area contributed by atoms with Crippen LogP contribution in [0, 0.1) is 0 Å². The Labute approximate surface area is 98.4 Å². The Hall–Kier alpha value is -1.46. The van der Waals surface area contributed by atoms with E-state index in [-0.39, 0.29) is 11.7 Å². The molecular formula is C11H16F3N3. The van der Waals surface area contributed by atoms with Gasteiger partial charge in [0.25, 0.3) is 0 Å². The topological polar surface area (TPSA) is 42.2 Å². The number of halogens is 3. The minimum absolute atomic E-state index is 0.0748. The van der Waals surface area contributed by atoms with Crippen LogP contribution in [0.5, 0.6) is 0 Å². The summed E-state index contributed by atoms with van der Waals surface area (Å²) in [5.41, 5.74) is 5.40. The molecule has 0 atom stereocenters. The summed E-state index contributed by atoms with van der Waals surface area (Å²) in [6.07, 6.45) is -3.39. The molecule has 0 aromatic carbocycles. The average Bonchev–Trinajstić information content (AvgIpc) is 2.19. The smallest absolute Gasteiger partial charge is 0.396 e. The van der Waals surface area contributed by atoms with Crippen molar-refractivity contribution in [1.29, 1.82) is 0 Å². The van der Waals surface area contributed by atoms with Crippen molar-refractivity contribution in [3.05, 3.63) is 18.0 Å². The second kappa shape index (κ2) is 4.81. The molecule has 2 N–H and O–H groups in total. The van der Waals surface area contributed by atoms with Gasteiger partial charge in [-0.25, -0.2) is 4.98 Å². The molecule has 0 amide bonds. The first-order valence-corrected chi connectivity index (χ1v) is 5.36. The van der Waals surface area contributed by atoms with Gasteiger partial charge in [-0.2, -0.15) is 13.2 Å². The summed E-state index contributed by atoms with van der Waals surface area (Å²) in [5, 5.41) is 0. The average molecular weight is 247 g/mol. The molecule has 0 saturated heterocycles. The maximum atomic E-state index is 12.5. The molecule has 0 bridgehead atoms. The molecule has 1 aromatic rings. The number of nitrogen functional groups attached to an aromatic ring is 1. The minimum Gasteiger partial charge on any atom is -0.396 e. The van der Waals surface area contributed by atoms with Gasteiger partial charge in [0.2, 0.25) is 0 Å². The zero-order valence-corrected chi connectivity index (χ0v) is 10.0. The second-order valence-corrected chi connectivity index (χ2v) is 4.01. The number of nitrogens with two attached hydrogens (primary N) is 1. The number of aromatic nitrogens is 1. The highest BCUT2D eigenvalue weighted by Gasteiger charge is 2.33. The minimum atomic E-state index is -4.45. The lowest BCUT2D eigenvalue weighted by atomic mass is 10.2. The third-order valence-corrected chi connectivity index (χ3v) is 2.48. The monoisotopic (exact) mass is 247 g/mol. The molecule has 1 rings (SSSR count). The Balaban J connectivity index is 3.23. The number of nitrogens with zero attached hydrogens (tertiary/aromatic N) is 2. The first kappa shape index (κ1) is 13.6. The van der Waals surface area contributed by atoms with E-state index in [4.69, 9.17) is 5.73 Å². The van der Waals surface area contributed by atoms with Gasteiger partial charge in [0.05, 0.1) is 17.6 Å². The third kappa shape index (κ3) is 3.01. The number of alkyl halides is 3. The maximum absolute atomic E-state index is 12.5. The summed E-state index contributed by atoms with van der Waals surface area (Å²) in [6, 6.07) is 1.07. The van der Waals surface area contributed by atoms with E-state index >= 15 is 0 Å². The summed E-state index contributed by atoms with van der Waals surface area (Å²) >= 11 is 0. The highest BCUT2D eigenvalue weighted by molar-refractivity contribution is 5.67. The van der Waals surface area contributed by atoms with E-state index in [1.54, 1.807) is 4.90 Å². The quantitative estimate of drug-likeness (QED) is 0.893. The molecule has 0 unspecified atom stereocenters. The lowest BCUT2D eigenvalue weighted by molar-refractivity contribution is -0.141. The van der Waals surface area contributed by atoms with E-state index in [9.17, 15) is 13.2 Å². The molecule has 96 valence electrons.